The lowest BCUT2D eigenvalue weighted by Crippen LogP contribution is -2.07. The summed E-state index contributed by atoms with van der Waals surface area (Å²) in [5.41, 5.74) is 11.8. The van der Waals surface area contributed by atoms with Crippen LogP contribution in [0.3, 0.4) is 0 Å². The molecule has 0 saturated carbocycles. The molecule has 0 aliphatic rings. The minimum atomic E-state index is 0.177. The fraction of sp³-hybridized carbons (Fsp3) is 0.0952. The number of aromatic nitrogens is 3. The van der Waals surface area contributed by atoms with Crippen LogP contribution in [0.15, 0.2) is 61.2 Å². The summed E-state index contributed by atoms with van der Waals surface area (Å²) in [5.74, 6) is 0.618. The number of hydrogen-bond donors (Lipinski definition) is 2. The van der Waals surface area contributed by atoms with Crippen molar-refractivity contribution in [3.8, 4) is 17.2 Å². The van der Waals surface area contributed by atoms with Gasteiger partial charge in [0.25, 0.3) is 0 Å². The zero-order valence-corrected chi connectivity index (χ0v) is 14.8. The summed E-state index contributed by atoms with van der Waals surface area (Å²) in [5, 5.41) is 12.6. The average molecular weight is 354 g/mol. The van der Waals surface area contributed by atoms with Crippen molar-refractivity contribution in [3.63, 3.8) is 0 Å². The second kappa shape index (κ2) is 6.81. The monoisotopic (exact) mass is 354 g/mol. The topological polar surface area (TPSA) is 92.0 Å². The standard InChI is InChI=1S/C21H18N6/c1-14-6-2-3-7-16(14)19-15(12-27-9-5-4-8-18(19)27)11-24-21-17(10-22)20(23)25-13-26-21/h2-9,12-13H,11H2,1H3,(H3,23,24,25,26). The van der Waals surface area contributed by atoms with Gasteiger partial charge in [0.1, 0.15) is 29.6 Å². The molecule has 6 heteroatoms. The molecular formula is C21H18N6. The third-order valence-electron chi connectivity index (χ3n) is 4.61. The fourth-order valence-electron chi connectivity index (χ4n) is 3.30. The van der Waals surface area contributed by atoms with Crippen LogP contribution < -0.4 is 11.1 Å². The van der Waals surface area contributed by atoms with Crippen molar-refractivity contribution in [3.05, 3.63) is 77.9 Å². The first-order chi connectivity index (χ1) is 13.2. The Balaban J connectivity index is 1.79. The predicted molar refractivity (Wildman–Crippen MR) is 106 cm³/mol. The van der Waals surface area contributed by atoms with E-state index < -0.39 is 0 Å². The number of anilines is 2. The Hall–Kier alpha value is -3.85. The molecule has 0 radical (unpaired) electrons. The zero-order chi connectivity index (χ0) is 18.8. The van der Waals surface area contributed by atoms with Crippen molar-refractivity contribution in [1.29, 1.82) is 5.26 Å². The fourth-order valence-corrected chi connectivity index (χ4v) is 3.30. The number of rotatable bonds is 4. The Labute approximate surface area is 156 Å². The molecule has 4 aromatic rings. The number of benzene rings is 1. The number of hydrogen-bond acceptors (Lipinski definition) is 5. The summed E-state index contributed by atoms with van der Waals surface area (Å²) in [6.45, 7) is 2.62. The average Bonchev–Trinajstić information content (AvgIpc) is 3.05. The highest BCUT2D eigenvalue weighted by atomic mass is 15.0. The molecule has 0 atom stereocenters. The lowest BCUT2D eigenvalue weighted by Gasteiger charge is -2.11. The lowest BCUT2D eigenvalue weighted by atomic mass is 9.98. The number of nitrogen functional groups attached to an aromatic ring is 1. The van der Waals surface area contributed by atoms with E-state index in [1.807, 2.05) is 30.5 Å². The molecule has 4 rings (SSSR count). The van der Waals surface area contributed by atoms with E-state index in [2.05, 4.69) is 57.1 Å². The SMILES string of the molecule is Cc1ccccc1-c1c(CNc2ncnc(N)c2C#N)cn2ccccc12. The minimum absolute atomic E-state index is 0.177. The van der Waals surface area contributed by atoms with Crippen LogP contribution in [0, 0.1) is 18.3 Å². The summed E-state index contributed by atoms with van der Waals surface area (Å²) < 4.78 is 2.11. The van der Waals surface area contributed by atoms with Crippen LogP contribution in [0.25, 0.3) is 16.6 Å². The summed E-state index contributed by atoms with van der Waals surface area (Å²) >= 11 is 0. The van der Waals surface area contributed by atoms with Gasteiger partial charge >= 0.3 is 0 Å². The number of aryl methyl sites for hydroxylation is 1. The van der Waals surface area contributed by atoms with Crippen molar-refractivity contribution >= 4 is 17.2 Å². The molecule has 0 aliphatic heterocycles. The molecule has 3 heterocycles. The van der Waals surface area contributed by atoms with Crippen LogP contribution in [0.1, 0.15) is 16.7 Å². The van der Waals surface area contributed by atoms with Gasteiger partial charge < -0.3 is 15.5 Å². The van der Waals surface area contributed by atoms with E-state index in [9.17, 15) is 5.26 Å². The maximum atomic E-state index is 9.33. The second-order valence-corrected chi connectivity index (χ2v) is 6.29. The number of nitrogens with two attached hydrogens (primary N) is 1. The van der Waals surface area contributed by atoms with Crippen LogP contribution in [-0.4, -0.2) is 14.4 Å². The highest BCUT2D eigenvalue weighted by Crippen LogP contribution is 2.33. The van der Waals surface area contributed by atoms with E-state index in [0.717, 1.165) is 11.1 Å². The largest absolute Gasteiger partial charge is 0.382 e. The first-order valence-corrected chi connectivity index (χ1v) is 8.58. The van der Waals surface area contributed by atoms with Gasteiger partial charge in [0.15, 0.2) is 0 Å². The molecule has 1 aromatic carbocycles. The van der Waals surface area contributed by atoms with Gasteiger partial charge in [-0.1, -0.05) is 30.3 Å². The molecule has 0 unspecified atom stereocenters. The quantitative estimate of drug-likeness (QED) is 0.582. The van der Waals surface area contributed by atoms with Gasteiger partial charge in [-0.3, -0.25) is 0 Å². The Bertz CT molecular complexity index is 1170. The first-order valence-electron chi connectivity index (χ1n) is 8.58. The van der Waals surface area contributed by atoms with Crippen LogP contribution in [-0.2, 0) is 6.54 Å². The summed E-state index contributed by atoms with van der Waals surface area (Å²) in [6.07, 6.45) is 5.49. The molecule has 0 aliphatic carbocycles. The van der Waals surface area contributed by atoms with Gasteiger partial charge in [0.2, 0.25) is 0 Å². The number of nitrogens with zero attached hydrogens (tertiary/aromatic N) is 4. The zero-order valence-electron chi connectivity index (χ0n) is 14.8. The summed E-state index contributed by atoms with van der Waals surface area (Å²) in [7, 11) is 0. The van der Waals surface area contributed by atoms with Crippen molar-refractivity contribution in [2.75, 3.05) is 11.1 Å². The van der Waals surface area contributed by atoms with Gasteiger partial charge in [-0.2, -0.15) is 5.26 Å². The van der Waals surface area contributed by atoms with Crippen LogP contribution in [0.2, 0.25) is 0 Å². The maximum Gasteiger partial charge on any atom is 0.149 e. The van der Waals surface area contributed by atoms with E-state index in [1.54, 1.807) is 0 Å². The summed E-state index contributed by atoms with van der Waals surface area (Å²) in [4.78, 5) is 8.04. The molecule has 132 valence electrons. The third-order valence-corrected chi connectivity index (χ3v) is 4.61. The molecule has 3 aromatic heterocycles. The van der Waals surface area contributed by atoms with Crippen molar-refractivity contribution in [2.24, 2.45) is 0 Å². The molecule has 3 N–H and O–H groups in total. The van der Waals surface area contributed by atoms with E-state index in [0.29, 0.717) is 12.4 Å². The van der Waals surface area contributed by atoms with E-state index >= 15 is 0 Å². The number of pyridine rings is 1. The number of nitriles is 1. The normalized spacial score (nSPS) is 10.7. The van der Waals surface area contributed by atoms with Gasteiger partial charge in [-0.05, 0) is 35.7 Å². The van der Waals surface area contributed by atoms with Gasteiger partial charge in [-0.25, -0.2) is 9.97 Å². The molecule has 6 nitrogen and oxygen atoms in total. The minimum Gasteiger partial charge on any atom is -0.382 e. The van der Waals surface area contributed by atoms with E-state index in [1.165, 1.54) is 23.0 Å². The molecule has 0 saturated heterocycles. The summed E-state index contributed by atoms with van der Waals surface area (Å²) in [6, 6.07) is 16.5. The number of fused-ring (bicyclic) bond motifs is 1. The molecule has 0 bridgehead atoms. The highest BCUT2D eigenvalue weighted by Gasteiger charge is 2.15. The van der Waals surface area contributed by atoms with Gasteiger partial charge in [0.05, 0.1) is 5.52 Å². The molecule has 0 spiro atoms. The van der Waals surface area contributed by atoms with Crippen molar-refractivity contribution < 1.29 is 0 Å². The molecule has 0 fully saturated rings. The van der Waals surface area contributed by atoms with Crippen LogP contribution in [0.5, 0.6) is 0 Å². The Kier molecular flexibility index (Phi) is 4.19. The first kappa shape index (κ1) is 16.6. The highest BCUT2D eigenvalue weighted by molar-refractivity contribution is 5.86. The van der Waals surface area contributed by atoms with Gasteiger partial charge in [0, 0.05) is 24.5 Å². The van der Waals surface area contributed by atoms with Gasteiger partial charge in [-0.15, -0.1) is 0 Å². The van der Waals surface area contributed by atoms with E-state index in [4.69, 9.17) is 5.73 Å². The molecule has 27 heavy (non-hydrogen) atoms. The van der Waals surface area contributed by atoms with Crippen molar-refractivity contribution in [1.82, 2.24) is 14.4 Å². The second-order valence-electron chi connectivity index (χ2n) is 6.29. The number of nitrogens with one attached hydrogen (secondary N) is 1. The van der Waals surface area contributed by atoms with Crippen LogP contribution >= 0.6 is 0 Å². The van der Waals surface area contributed by atoms with Crippen LogP contribution in [0.4, 0.5) is 11.6 Å². The van der Waals surface area contributed by atoms with E-state index in [-0.39, 0.29) is 11.4 Å². The smallest absolute Gasteiger partial charge is 0.149 e. The Morgan fingerprint density at radius 2 is 1.96 bits per heavy atom. The third kappa shape index (κ3) is 2.96. The van der Waals surface area contributed by atoms with Crippen molar-refractivity contribution in [2.45, 2.75) is 13.5 Å². The lowest BCUT2D eigenvalue weighted by molar-refractivity contribution is 1.07. The maximum absolute atomic E-state index is 9.33. The Morgan fingerprint density at radius 1 is 1.15 bits per heavy atom. The Morgan fingerprint density at radius 3 is 2.78 bits per heavy atom. The molecular weight excluding hydrogens is 336 g/mol. The molecule has 0 amide bonds. The predicted octanol–water partition coefficient (Wildman–Crippen LogP) is 3.77.